The average Bonchev–Trinajstić information content (AvgIpc) is 2.51. The molecule has 0 radical (unpaired) electrons. The molecule has 21 heavy (non-hydrogen) atoms. The molecule has 0 amide bonds. The Kier molecular flexibility index (Phi) is 5.00. The van der Waals surface area contributed by atoms with Gasteiger partial charge in [-0.15, -0.1) is 0 Å². The number of hydroxylamine groups is 4. The van der Waals surface area contributed by atoms with Gasteiger partial charge < -0.3 is 20.1 Å². The van der Waals surface area contributed by atoms with E-state index < -0.39 is 0 Å². The van der Waals surface area contributed by atoms with Crippen molar-refractivity contribution in [2.24, 2.45) is 0 Å². The smallest absolute Gasteiger partial charge is 0.0953 e. The number of rotatable bonds is 6. The summed E-state index contributed by atoms with van der Waals surface area (Å²) in [5, 5.41) is 26.7. The van der Waals surface area contributed by atoms with Crippen LogP contribution >= 0.6 is 11.6 Å². The van der Waals surface area contributed by atoms with Crippen LogP contribution in [0.5, 0.6) is 0 Å². The number of nitrogens with zero attached hydrogens (tertiary/aromatic N) is 3. The highest BCUT2D eigenvalue weighted by Gasteiger charge is 2.12. The third-order valence-corrected chi connectivity index (χ3v) is 4.05. The summed E-state index contributed by atoms with van der Waals surface area (Å²) in [5.74, 6) is 0. The van der Waals surface area contributed by atoms with Gasteiger partial charge in [0.05, 0.1) is 31.7 Å². The van der Waals surface area contributed by atoms with Gasteiger partial charge in [-0.05, 0) is 38.1 Å². The Morgan fingerprint density at radius 2 is 1.95 bits per heavy atom. The summed E-state index contributed by atoms with van der Waals surface area (Å²) in [6.45, 7) is 5.06. The molecule has 0 unspecified atom stereocenters. The van der Waals surface area contributed by atoms with Crippen molar-refractivity contribution >= 4 is 28.2 Å². The van der Waals surface area contributed by atoms with Crippen LogP contribution in [-0.4, -0.2) is 35.8 Å². The number of pyridine rings is 1. The normalized spacial score (nSPS) is 11.9. The van der Waals surface area contributed by atoms with Crippen LogP contribution in [-0.2, 0) is 0 Å². The molecular formula is C15H19ClN3O2-. The summed E-state index contributed by atoms with van der Waals surface area (Å²) < 4.78 is -0.354. The largest absolute Gasteiger partial charge is 0.758 e. The van der Waals surface area contributed by atoms with E-state index in [1.165, 1.54) is 0 Å². The minimum atomic E-state index is -0.354. The lowest BCUT2D eigenvalue weighted by Crippen LogP contribution is -2.46. The monoisotopic (exact) mass is 308 g/mol. The van der Waals surface area contributed by atoms with Gasteiger partial charge in [-0.3, -0.25) is 4.98 Å². The first-order valence-electron chi connectivity index (χ1n) is 7.05. The number of anilines is 1. The highest BCUT2D eigenvalue weighted by molar-refractivity contribution is 6.31. The molecule has 114 valence electrons. The predicted octanol–water partition coefficient (Wildman–Crippen LogP) is 3.55. The van der Waals surface area contributed by atoms with Crippen molar-refractivity contribution in [3.63, 3.8) is 0 Å². The van der Waals surface area contributed by atoms with Gasteiger partial charge in [-0.25, -0.2) is 0 Å². The van der Waals surface area contributed by atoms with Crippen LogP contribution in [0, 0.1) is 10.4 Å². The van der Waals surface area contributed by atoms with Crippen molar-refractivity contribution in [1.29, 1.82) is 0 Å². The van der Waals surface area contributed by atoms with E-state index in [9.17, 15) is 10.4 Å². The maximum absolute atomic E-state index is 12.3. The SMILES string of the molecule is CC[N+]([O-])(CC)CCN([O-])c1ccnc2cc(Cl)ccc12. The van der Waals surface area contributed by atoms with Gasteiger partial charge in [-0.1, -0.05) is 11.6 Å². The standard InChI is InChI=1S/C15H19ClN3O2/c1-3-19(21,4-2)10-9-18(20)15-7-8-17-14-11-12(16)5-6-13(14)15/h5-8,11H,3-4,9-10H2,1-2H3/q-1. The van der Waals surface area contributed by atoms with Crippen LogP contribution in [0.3, 0.4) is 0 Å². The van der Waals surface area contributed by atoms with Crippen LogP contribution in [0.25, 0.3) is 10.9 Å². The zero-order valence-electron chi connectivity index (χ0n) is 12.3. The maximum Gasteiger partial charge on any atom is 0.0953 e. The third-order valence-electron chi connectivity index (χ3n) is 3.81. The van der Waals surface area contributed by atoms with Crippen LogP contribution in [0.4, 0.5) is 5.69 Å². The molecule has 2 aromatic rings. The van der Waals surface area contributed by atoms with Gasteiger partial charge in [0, 0.05) is 22.3 Å². The summed E-state index contributed by atoms with van der Waals surface area (Å²) in [6, 6.07) is 6.90. The number of hydrogen-bond acceptors (Lipinski definition) is 4. The Balaban J connectivity index is 2.22. The van der Waals surface area contributed by atoms with Gasteiger partial charge in [0.15, 0.2) is 0 Å². The second-order valence-corrected chi connectivity index (χ2v) is 5.44. The van der Waals surface area contributed by atoms with E-state index >= 15 is 0 Å². The lowest BCUT2D eigenvalue weighted by molar-refractivity contribution is -0.875. The highest BCUT2D eigenvalue weighted by atomic mass is 35.5. The van der Waals surface area contributed by atoms with E-state index in [1.807, 2.05) is 13.8 Å². The molecule has 2 rings (SSSR count). The molecule has 1 aromatic heterocycles. The summed E-state index contributed by atoms with van der Waals surface area (Å²) in [6.07, 6.45) is 1.58. The molecule has 5 nitrogen and oxygen atoms in total. The van der Waals surface area contributed by atoms with E-state index in [0.717, 1.165) is 10.4 Å². The van der Waals surface area contributed by atoms with Gasteiger partial charge in [0.1, 0.15) is 0 Å². The Labute approximate surface area is 129 Å². The topological polar surface area (TPSA) is 62.2 Å². The molecule has 0 fully saturated rings. The fraction of sp³-hybridized carbons (Fsp3) is 0.400. The molecule has 1 heterocycles. The zero-order chi connectivity index (χ0) is 15.5. The predicted molar refractivity (Wildman–Crippen MR) is 87.0 cm³/mol. The summed E-state index contributed by atoms with van der Waals surface area (Å²) >= 11 is 5.93. The van der Waals surface area contributed by atoms with Crippen molar-refractivity contribution in [2.45, 2.75) is 13.8 Å². The molecule has 1 aromatic carbocycles. The zero-order valence-corrected chi connectivity index (χ0v) is 13.0. The van der Waals surface area contributed by atoms with Gasteiger partial charge >= 0.3 is 0 Å². The average molecular weight is 309 g/mol. The molecule has 0 saturated heterocycles. The first kappa shape index (κ1) is 16.0. The number of fused-ring (bicyclic) bond motifs is 1. The van der Waals surface area contributed by atoms with Gasteiger partial charge in [-0.2, -0.15) is 0 Å². The lowest BCUT2D eigenvalue weighted by Gasteiger charge is -2.44. The number of aromatic nitrogens is 1. The second kappa shape index (κ2) is 6.58. The van der Waals surface area contributed by atoms with Crippen molar-refractivity contribution < 1.29 is 4.65 Å². The van der Waals surface area contributed by atoms with Crippen molar-refractivity contribution in [1.82, 2.24) is 4.98 Å². The first-order chi connectivity index (χ1) is 9.99. The van der Waals surface area contributed by atoms with E-state index in [1.54, 1.807) is 30.5 Å². The Hall–Kier alpha value is -1.40. The molecule has 0 aliphatic rings. The Morgan fingerprint density at radius 3 is 2.62 bits per heavy atom. The van der Waals surface area contributed by atoms with Crippen LogP contribution in [0.2, 0.25) is 5.02 Å². The van der Waals surface area contributed by atoms with Crippen molar-refractivity contribution in [3.05, 3.63) is 45.9 Å². The summed E-state index contributed by atoms with van der Waals surface area (Å²) in [5.41, 5.74) is 1.20. The third kappa shape index (κ3) is 3.63. The number of quaternary nitrogens is 1. The molecule has 0 N–H and O–H groups in total. The lowest BCUT2D eigenvalue weighted by atomic mass is 10.2. The molecule has 0 bridgehead atoms. The number of halogens is 1. The van der Waals surface area contributed by atoms with E-state index in [0.29, 0.717) is 29.3 Å². The second-order valence-electron chi connectivity index (χ2n) is 5.01. The van der Waals surface area contributed by atoms with Crippen molar-refractivity contribution in [3.8, 4) is 0 Å². The van der Waals surface area contributed by atoms with Crippen LogP contribution < -0.4 is 5.06 Å². The minimum Gasteiger partial charge on any atom is -0.758 e. The Morgan fingerprint density at radius 1 is 1.24 bits per heavy atom. The van der Waals surface area contributed by atoms with E-state index in [2.05, 4.69) is 4.98 Å². The molecule has 6 heteroatoms. The Bertz CT molecular complexity index is 617. The number of likely N-dealkylation sites (N-methyl/N-ethyl adjacent to an activating group) is 1. The molecule has 0 aliphatic heterocycles. The fourth-order valence-electron chi connectivity index (χ4n) is 2.26. The first-order valence-corrected chi connectivity index (χ1v) is 7.43. The van der Waals surface area contributed by atoms with Gasteiger partial charge in [0.25, 0.3) is 0 Å². The quantitative estimate of drug-likeness (QED) is 0.605. The number of hydrogen-bond donors (Lipinski definition) is 0. The minimum absolute atomic E-state index is 0.160. The molecule has 0 aliphatic carbocycles. The molecule has 0 atom stereocenters. The van der Waals surface area contributed by atoms with E-state index in [-0.39, 0.29) is 17.7 Å². The van der Waals surface area contributed by atoms with Crippen LogP contribution in [0.1, 0.15) is 13.8 Å². The molecule has 0 saturated carbocycles. The fourth-order valence-corrected chi connectivity index (χ4v) is 2.42. The summed E-state index contributed by atoms with van der Waals surface area (Å²) in [4.78, 5) is 4.21. The summed E-state index contributed by atoms with van der Waals surface area (Å²) in [7, 11) is 0. The molecule has 0 spiro atoms. The highest BCUT2D eigenvalue weighted by Crippen LogP contribution is 2.27. The van der Waals surface area contributed by atoms with Crippen LogP contribution in [0.15, 0.2) is 30.5 Å². The maximum atomic E-state index is 12.3. The molecular weight excluding hydrogens is 290 g/mol. The van der Waals surface area contributed by atoms with Gasteiger partial charge in [0.2, 0.25) is 0 Å². The number of benzene rings is 1. The van der Waals surface area contributed by atoms with E-state index in [4.69, 9.17) is 11.6 Å². The van der Waals surface area contributed by atoms with Crippen molar-refractivity contribution in [2.75, 3.05) is 31.2 Å².